The van der Waals surface area contributed by atoms with Crippen LogP contribution >= 0.6 is 0 Å². The van der Waals surface area contributed by atoms with Gasteiger partial charge in [-0.25, -0.2) is 4.79 Å². The first-order chi connectivity index (χ1) is 7.63. The molecular formula is C12H11FO3. The third-order valence-corrected chi connectivity index (χ3v) is 1.75. The fourth-order valence-electron chi connectivity index (χ4n) is 1.02. The van der Waals surface area contributed by atoms with Gasteiger partial charge < -0.3 is 9.84 Å². The lowest BCUT2D eigenvalue weighted by atomic mass is 10.2. The highest BCUT2D eigenvalue weighted by Gasteiger charge is 2.04. The summed E-state index contributed by atoms with van der Waals surface area (Å²) < 4.78 is 17.9. The molecule has 4 heteroatoms. The fourth-order valence-corrected chi connectivity index (χ4v) is 1.02. The Morgan fingerprint density at radius 3 is 2.56 bits per heavy atom. The van der Waals surface area contributed by atoms with Crippen LogP contribution in [-0.2, 0) is 4.79 Å². The van der Waals surface area contributed by atoms with Gasteiger partial charge in [-0.3, -0.25) is 0 Å². The Morgan fingerprint density at radius 2 is 2.06 bits per heavy atom. The predicted octanol–water partition coefficient (Wildman–Crippen LogP) is 2.65. The molecule has 1 N–H and O–H groups in total. The van der Waals surface area contributed by atoms with Gasteiger partial charge in [0, 0.05) is 0 Å². The second-order valence-corrected chi connectivity index (χ2v) is 2.97. The summed E-state index contributed by atoms with van der Waals surface area (Å²) in [7, 11) is 0. The number of halogens is 1. The molecule has 0 bridgehead atoms. The average molecular weight is 222 g/mol. The number of benzene rings is 1. The monoisotopic (exact) mass is 222 g/mol. The van der Waals surface area contributed by atoms with Crippen molar-refractivity contribution in [2.24, 2.45) is 0 Å². The number of carboxylic acids is 1. The van der Waals surface area contributed by atoms with E-state index >= 15 is 0 Å². The van der Waals surface area contributed by atoms with Crippen molar-refractivity contribution in [2.75, 3.05) is 6.61 Å². The van der Waals surface area contributed by atoms with E-state index in [4.69, 9.17) is 9.84 Å². The number of carboxylic acid groups (broad SMARTS) is 1. The molecule has 16 heavy (non-hydrogen) atoms. The zero-order chi connectivity index (χ0) is 12.0. The highest BCUT2D eigenvalue weighted by atomic mass is 19.1. The van der Waals surface area contributed by atoms with E-state index in [1.54, 1.807) is 30.3 Å². The quantitative estimate of drug-likeness (QED) is 0.615. The summed E-state index contributed by atoms with van der Waals surface area (Å²) in [6, 6.07) is 6.40. The van der Waals surface area contributed by atoms with Crippen LogP contribution in [0, 0.1) is 0 Å². The summed E-state index contributed by atoms with van der Waals surface area (Å²) in [5, 5.41) is 8.33. The largest absolute Gasteiger partial charge is 0.490 e. The molecule has 0 fully saturated rings. The first-order valence-electron chi connectivity index (χ1n) is 4.57. The van der Waals surface area contributed by atoms with Crippen molar-refractivity contribution >= 4 is 12.0 Å². The molecule has 0 radical (unpaired) electrons. The molecule has 0 amide bonds. The molecule has 0 heterocycles. The minimum Gasteiger partial charge on any atom is -0.490 e. The van der Waals surface area contributed by atoms with E-state index in [1.807, 2.05) is 0 Å². The molecule has 0 aliphatic rings. The zero-order valence-electron chi connectivity index (χ0n) is 8.52. The number of rotatable bonds is 5. The number of hydrogen-bond donors (Lipinski definition) is 1. The van der Waals surface area contributed by atoms with Crippen LogP contribution in [-0.4, -0.2) is 17.7 Å². The molecule has 0 unspecified atom stereocenters. The van der Waals surface area contributed by atoms with E-state index in [0.29, 0.717) is 17.9 Å². The Balaban J connectivity index is 2.75. The van der Waals surface area contributed by atoms with Crippen LogP contribution in [0.15, 0.2) is 42.7 Å². The summed E-state index contributed by atoms with van der Waals surface area (Å²) in [4.78, 5) is 10.2. The predicted molar refractivity (Wildman–Crippen MR) is 58.9 cm³/mol. The highest BCUT2D eigenvalue weighted by Crippen LogP contribution is 2.15. The lowest BCUT2D eigenvalue weighted by Crippen LogP contribution is -1.94. The molecule has 0 aliphatic heterocycles. The lowest BCUT2D eigenvalue weighted by molar-refractivity contribution is -0.134. The molecular weight excluding hydrogens is 211 g/mol. The Hall–Kier alpha value is -2.10. The molecule has 0 saturated carbocycles. The first kappa shape index (κ1) is 12.0. The van der Waals surface area contributed by atoms with Crippen LogP contribution in [0.3, 0.4) is 0 Å². The second kappa shape index (κ2) is 5.70. The molecule has 3 nitrogen and oxygen atoms in total. The summed E-state index contributed by atoms with van der Waals surface area (Å²) >= 11 is 0. The maximum absolute atomic E-state index is 12.7. The third-order valence-electron chi connectivity index (χ3n) is 1.75. The molecule has 84 valence electrons. The average Bonchev–Trinajstić information content (AvgIpc) is 2.28. The van der Waals surface area contributed by atoms with Crippen molar-refractivity contribution in [3.8, 4) is 5.75 Å². The maximum Gasteiger partial charge on any atom is 0.364 e. The molecule has 0 aromatic heterocycles. The van der Waals surface area contributed by atoms with Crippen molar-refractivity contribution in [3.05, 3.63) is 48.3 Å². The molecule has 0 spiro atoms. The van der Waals surface area contributed by atoms with Crippen LogP contribution < -0.4 is 4.74 Å². The topological polar surface area (TPSA) is 46.5 Å². The van der Waals surface area contributed by atoms with Crippen LogP contribution in [0.25, 0.3) is 6.08 Å². The lowest BCUT2D eigenvalue weighted by Gasteiger charge is -2.02. The standard InChI is InChI=1S/C12H11FO3/c1-2-7-16-10-5-3-9(4-6-10)8-11(13)12(14)15/h2-6,8H,1,7H2,(H,14,15). The molecule has 1 rings (SSSR count). The van der Waals surface area contributed by atoms with Crippen LogP contribution in [0.4, 0.5) is 4.39 Å². The fraction of sp³-hybridized carbons (Fsp3) is 0.0833. The van der Waals surface area contributed by atoms with Crippen LogP contribution in [0.1, 0.15) is 5.56 Å². The van der Waals surface area contributed by atoms with Gasteiger partial charge in [-0.15, -0.1) is 0 Å². The van der Waals surface area contributed by atoms with Crippen molar-refractivity contribution in [1.29, 1.82) is 0 Å². The van der Waals surface area contributed by atoms with E-state index in [2.05, 4.69) is 6.58 Å². The Bertz CT molecular complexity index is 407. The summed E-state index contributed by atoms with van der Waals surface area (Å²) in [5.41, 5.74) is 0.464. The Kier molecular flexibility index (Phi) is 4.27. The van der Waals surface area contributed by atoms with Gasteiger partial charge in [0.25, 0.3) is 0 Å². The number of carbonyl (C=O) groups is 1. The minimum atomic E-state index is -1.58. The SMILES string of the molecule is C=CCOc1ccc(C=C(F)C(=O)O)cc1. The molecule has 1 aromatic carbocycles. The van der Waals surface area contributed by atoms with Crippen molar-refractivity contribution in [1.82, 2.24) is 0 Å². The van der Waals surface area contributed by atoms with E-state index in [0.717, 1.165) is 6.08 Å². The van der Waals surface area contributed by atoms with Gasteiger partial charge in [-0.05, 0) is 23.8 Å². The zero-order valence-corrected chi connectivity index (χ0v) is 8.52. The number of hydrogen-bond acceptors (Lipinski definition) is 2. The summed E-state index contributed by atoms with van der Waals surface area (Å²) in [6.45, 7) is 3.89. The second-order valence-electron chi connectivity index (χ2n) is 2.97. The van der Waals surface area contributed by atoms with E-state index in [1.165, 1.54) is 0 Å². The van der Waals surface area contributed by atoms with Crippen molar-refractivity contribution in [3.63, 3.8) is 0 Å². The summed E-state index contributed by atoms with van der Waals surface area (Å²) in [5.74, 6) is -2.15. The van der Waals surface area contributed by atoms with Gasteiger partial charge in [0.1, 0.15) is 12.4 Å². The van der Waals surface area contributed by atoms with Gasteiger partial charge in [0.15, 0.2) is 0 Å². The van der Waals surface area contributed by atoms with E-state index in [-0.39, 0.29) is 0 Å². The number of aliphatic carboxylic acids is 1. The normalized spacial score (nSPS) is 10.9. The smallest absolute Gasteiger partial charge is 0.364 e. The highest BCUT2D eigenvalue weighted by molar-refractivity contribution is 5.89. The Morgan fingerprint density at radius 1 is 1.44 bits per heavy atom. The molecule has 0 saturated heterocycles. The minimum absolute atomic E-state index is 0.388. The van der Waals surface area contributed by atoms with Crippen LogP contribution in [0.2, 0.25) is 0 Å². The van der Waals surface area contributed by atoms with Crippen molar-refractivity contribution < 1.29 is 19.0 Å². The van der Waals surface area contributed by atoms with E-state index in [9.17, 15) is 9.18 Å². The van der Waals surface area contributed by atoms with Gasteiger partial charge >= 0.3 is 5.97 Å². The number of ether oxygens (including phenoxy) is 1. The first-order valence-corrected chi connectivity index (χ1v) is 4.57. The van der Waals surface area contributed by atoms with Gasteiger partial charge in [-0.2, -0.15) is 4.39 Å². The molecule has 1 aromatic rings. The van der Waals surface area contributed by atoms with Gasteiger partial charge in [-0.1, -0.05) is 24.8 Å². The third kappa shape index (κ3) is 3.57. The maximum atomic E-state index is 12.7. The molecule has 0 atom stereocenters. The van der Waals surface area contributed by atoms with Gasteiger partial charge in [0.2, 0.25) is 5.83 Å². The molecule has 0 aliphatic carbocycles. The van der Waals surface area contributed by atoms with Crippen LogP contribution in [0.5, 0.6) is 5.75 Å². The summed E-state index contributed by atoms with van der Waals surface area (Å²) in [6.07, 6.45) is 2.55. The van der Waals surface area contributed by atoms with E-state index < -0.39 is 11.8 Å². The van der Waals surface area contributed by atoms with Crippen molar-refractivity contribution in [2.45, 2.75) is 0 Å². The van der Waals surface area contributed by atoms with Gasteiger partial charge in [0.05, 0.1) is 0 Å². The Labute approximate surface area is 92.5 Å².